The van der Waals surface area contributed by atoms with Crippen LogP contribution in [0, 0.1) is 0 Å². The minimum Gasteiger partial charge on any atom is -0.457 e. The predicted octanol–water partition coefficient (Wildman–Crippen LogP) is 6.03. The minimum atomic E-state index is -4.56. The number of hydrogen-bond acceptors (Lipinski definition) is 4. The molecule has 1 aliphatic carbocycles. The van der Waals surface area contributed by atoms with Crippen LogP contribution in [0.25, 0.3) is 0 Å². The molecule has 31 heavy (non-hydrogen) atoms. The maximum Gasteiger partial charge on any atom is 0.418 e. The van der Waals surface area contributed by atoms with E-state index in [0.717, 1.165) is 25.3 Å². The predicted molar refractivity (Wildman–Crippen MR) is 113 cm³/mol. The molecule has 0 bridgehead atoms. The van der Waals surface area contributed by atoms with E-state index in [1.807, 2.05) is 6.07 Å². The summed E-state index contributed by atoms with van der Waals surface area (Å²) in [5.74, 6) is 0.616. The number of allylic oxidation sites excluding steroid dienone is 1. The Kier molecular flexibility index (Phi) is 4.66. The van der Waals surface area contributed by atoms with Crippen molar-refractivity contribution in [2.45, 2.75) is 31.5 Å². The lowest BCUT2D eigenvalue weighted by Crippen LogP contribution is -2.61. The van der Waals surface area contributed by atoms with Gasteiger partial charge in [-0.2, -0.15) is 13.2 Å². The summed E-state index contributed by atoms with van der Waals surface area (Å²) in [6.07, 6.45) is 6.32. The highest BCUT2D eigenvalue weighted by Gasteiger charge is 2.49. The highest BCUT2D eigenvalue weighted by atomic mass is 19.4. The molecule has 158 valence electrons. The zero-order chi connectivity index (χ0) is 21.5. The lowest BCUT2D eigenvalue weighted by molar-refractivity contribution is -0.746. The Bertz CT molecular complexity index is 1100. The summed E-state index contributed by atoms with van der Waals surface area (Å²) in [4.78, 5) is 8.39. The van der Waals surface area contributed by atoms with Gasteiger partial charge in [0.1, 0.15) is 17.2 Å². The summed E-state index contributed by atoms with van der Waals surface area (Å²) >= 11 is 0. The fraction of sp³-hybridized carbons (Fsp3) is 0.217. The molecule has 8 heteroatoms. The van der Waals surface area contributed by atoms with Crippen molar-refractivity contribution < 1.29 is 22.5 Å². The quantitative estimate of drug-likeness (QED) is 0.549. The van der Waals surface area contributed by atoms with Crippen LogP contribution in [0.1, 0.15) is 24.8 Å². The number of anilines is 1. The molecule has 2 aliphatic heterocycles. The van der Waals surface area contributed by atoms with E-state index in [9.17, 15) is 13.2 Å². The van der Waals surface area contributed by atoms with Crippen molar-refractivity contribution >= 4 is 18.2 Å². The number of ether oxygens (including phenoxy) is 1. The highest BCUT2D eigenvalue weighted by Crippen LogP contribution is 2.46. The van der Waals surface area contributed by atoms with E-state index in [0.29, 0.717) is 11.4 Å². The second-order valence-electron chi connectivity index (χ2n) is 7.65. The Morgan fingerprint density at radius 1 is 1.00 bits per heavy atom. The minimum absolute atomic E-state index is 0.0316. The molecule has 5 rings (SSSR count). The highest BCUT2D eigenvalue weighted by molar-refractivity contribution is 5.82. The Morgan fingerprint density at radius 3 is 2.52 bits per heavy atom. The third kappa shape index (κ3) is 3.42. The van der Waals surface area contributed by atoms with Crippen LogP contribution >= 0.6 is 0 Å². The molecule has 2 heterocycles. The monoisotopic (exact) mass is 425 g/mol. The van der Waals surface area contributed by atoms with Crippen molar-refractivity contribution in [3.63, 3.8) is 0 Å². The number of hydrogen-bond donors (Lipinski definition) is 0. The van der Waals surface area contributed by atoms with Gasteiger partial charge in [0.2, 0.25) is 12.0 Å². The molecule has 0 amide bonds. The molecule has 5 nitrogen and oxygen atoms in total. The summed E-state index contributed by atoms with van der Waals surface area (Å²) in [6.45, 7) is 0. The normalized spacial score (nSPS) is 22.1. The van der Waals surface area contributed by atoms with Gasteiger partial charge in [-0.25, -0.2) is 10.0 Å². The first-order valence-corrected chi connectivity index (χ1v) is 10.1. The zero-order valence-electron chi connectivity index (χ0n) is 16.5. The fourth-order valence-corrected chi connectivity index (χ4v) is 4.04. The van der Waals surface area contributed by atoms with Gasteiger partial charge >= 0.3 is 6.18 Å². The van der Waals surface area contributed by atoms with Crippen LogP contribution in [0.2, 0.25) is 0 Å². The first kappa shape index (κ1) is 19.6. The maximum atomic E-state index is 14.2. The molecular formula is C23H20F3N4O+. The molecule has 0 spiro atoms. The van der Waals surface area contributed by atoms with Crippen molar-refractivity contribution in [1.82, 2.24) is 0 Å². The SMILES string of the molecule is FC(F)(F)c1cc(Oc2ccccc2)ccc1N(C1CCC1)[N+]12C=CN=CC1=CN=C2. The summed E-state index contributed by atoms with van der Waals surface area (Å²) < 4.78 is 48.4. The van der Waals surface area contributed by atoms with Gasteiger partial charge in [0.15, 0.2) is 6.20 Å². The Morgan fingerprint density at radius 2 is 1.81 bits per heavy atom. The lowest BCUT2D eigenvalue weighted by atomic mass is 9.91. The van der Waals surface area contributed by atoms with Crippen molar-refractivity contribution in [3.8, 4) is 11.5 Å². The molecule has 1 saturated carbocycles. The summed E-state index contributed by atoms with van der Waals surface area (Å²) in [5.41, 5.74) is 0.0554. The molecule has 0 N–H and O–H groups in total. The van der Waals surface area contributed by atoms with Crippen molar-refractivity contribution in [1.29, 1.82) is 0 Å². The number of halogens is 3. The zero-order valence-corrected chi connectivity index (χ0v) is 16.5. The van der Waals surface area contributed by atoms with Gasteiger partial charge in [0.05, 0.1) is 30.2 Å². The largest absolute Gasteiger partial charge is 0.457 e. The summed E-state index contributed by atoms with van der Waals surface area (Å²) in [6, 6.07) is 12.9. The number of rotatable bonds is 5. The van der Waals surface area contributed by atoms with E-state index in [4.69, 9.17) is 4.74 Å². The molecule has 0 aromatic heterocycles. The van der Waals surface area contributed by atoms with E-state index in [2.05, 4.69) is 9.98 Å². The average Bonchev–Trinajstić information content (AvgIpc) is 3.16. The molecule has 3 aliphatic rings. The van der Waals surface area contributed by atoms with Crippen LogP contribution in [-0.4, -0.2) is 23.2 Å². The second kappa shape index (κ2) is 7.39. The molecule has 2 aromatic carbocycles. The van der Waals surface area contributed by atoms with Crippen LogP contribution in [0.15, 0.2) is 82.8 Å². The number of fused-ring (bicyclic) bond motifs is 1. The van der Waals surface area contributed by atoms with E-state index < -0.39 is 11.7 Å². The lowest BCUT2D eigenvalue weighted by Gasteiger charge is -2.47. The van der Waals surface area contributed by atoms with Crippen LogP contribution in [-0.2, 0) is 6.18 Å². The van der Waals surface area contributed by atoms with Gasteiger partial charge in [-0.15, -0.1) is 4.59 Å². The van der Waals surface area contributed by atoms with E-state index >= 15 is 0 Å². The second-order valence-corrected chi connectivity index (χ2v) is 7.65. The smallest absolute Gasteiger partial charge is 0.418 e. The van der Waals surface area contributed by atoms with Crippen LogP contribution in [0.3, 0.4) is 0 Å². The first-order chi connectivity index (χ1) is 15.0. The molecule has 1 atom stereocenters. The number of quaternary nitrogens is 1. The van der Waals surface area contributed by atoms with E-state index in [1.54, 1.807) is 66.5 Å². The number of aliphatic imine (C=N–C) groups is 2. The number of alkyl halides is 3. The summed E-state index contributed by atoms with van der Waals surface area (Å²) in [5, 5.41) is 1.79. The van der Waals surface area contributed by atoms with Gasteiger partial charge < -0.3 is 4.74 Å². The topological polar surface area (TPSA) is 37.2 Å². The van der Waals surface area contributed by atoms with Crippen molar-refractivity contribution in [2.75, 3.05) is 5.01 Å². The van der Waals surface area contributed by atoms with Gasteiger partial charge in [0, 0.05) is 0 Å². The Hall–Kier alpha value is -3.39. The Labute approximate surface area is 177 Å². The molecule has 2 aromatic rings. The third-order valence-electron chi connectivity index (χ3n) is 5.73. The molecule has 0 saturated heterocycles. The van der Waals surface area contributed by atoms with Crippen molar-refractivity contribution in [2.24, 2.45) is 9.98 Å². The van der Waals surface area contributed by atoms with Crippen LogP contribution in [0.4, 0.5) is 18.9 Å². The Balaban J connectivity index is 1.61. The van der Waals surface area contributed by atoms with Gasteiger partial charge in [-0.1, -0.05) is 18.2 Å². The molecule has 1 unspecified atom stereocenters. The summed E-state index contributed by atoms with van der Waals surface area (Å²) in [7, 11) is 0. The molecule has 0 radical (unpaired) electrons. The van der Waals surface area contributed by atoms with Gasteiger partial charge in [-0.3, -0.25) is 4.99 Å². The number of para-hydroxylation sites is 1. The van der Waals surface area contributed by atoms with E-state index in [-0.39, 0.29) is 22.1 Å². The maximum absolute atomic E-state index is 14.2. The number of nitrogens with zero attached hydrogens (tertiary/aromatic N) is 4. The molecule has 1 fully saturated rings. The van der Waals surface area contributed by atoms with Crippen LogP contribution < -0.4 is 9.75 Å². The van der Waals surface area contributed by atoms with Crippen molar-refractivity contribution in [3.05, 3.63) is 78.4 Å². The average molecular weight is 425 g/mol. The molecular weight excluding hydrogens is 405 g/mol. The third-order valence-corrected chi connectivity index (χ3v) is 5.73. The van der Waals surface area contributed by atoms with Gasteiger partial charge in [-0.05, 0) is 49.6 Å². The van der Waals surface area contributed by atoms with Gasteiger partial charge in [0.25, 0.3) is 0 Å². The first-order valence-electron chi connectivity index (χ1n) is 10.1. The van der Waals surface area contributed by atoms with E-state index in [1.165, 1.54) is 6.07 Å². The standard InChI is InChI=1S/C23H20F3N4O/c24-23(25,26)21-13-20(31-19-7-2-1-3-8-19)9-10-22(21)29(17-5-4-6-17)30-12-11-27-14-18(30)15-28-16-30/h1-3,7-17H,4-6H2/q+1. The number of benzene rings is 2. The fourth-order valence-electron chi connectivity index (χ4n) is 4.04. The van der Waals surface area contributed by atoms with Crippen LogP contribution in [0.5, 0.6) is 11.5 Å².